The summed E-state index contributed by atoms with van der Waals surface area (Å²) < 4.78 is 0. The van der Waals surface area contributed by atoms with E-state index in [1.807, 2.05) is 0 Å². The van der Waals surface area contributed by atoms with E-state index in [1.54, 1.807) is 19.9 Å². The van der Waals surface area contributed by atoms with Crippen molar-refractivity contribution in [3.8, 4) is 5.75 Å². The van der Waals surface area contributed by atoms with Gasteiger partial charge in [-0.05, 0) is 37.6 Å². The first-order valence-corrected chi connectivity index (χ1v) is 5.72. The molecule has 0 aliphatic carbocycles. The van der Waals surface area contributed by atoms with Crippen LogP contribution in [0.2, 0.25) is 0 Å². The Balaban J connectivity index is 2.12. The average molecular weight is 262 g/mol. The number of aromatic amines is 2. The lowest BCUT2D eigenvalue weighted by Crippen LogP contribution is -2.27. The molecule has 1 aromatic carbocycles. The maximum atomic E-state index is 12.0. The van der Waals surface area contributed by atoms with Crippen molar-refractivity contribution in [3.63, 3.8) is 0 Å². The molecule has 0 saturated carbocycles. The monoisotopic (exact) mass is 262 g/mol. The van der Waals surface area contributed by atoms with E-state index in [4.69, 9.17) is 0 Å². The van der Waals surface area contributed by atoms with Crippen molar-refractivity contribution in [1.82, 2.24) is 20.5 Å². The fourth-order valence-electron chi connectivity index (χ4n) is 1.63. The molecule has 1 aromatic heterocycles. The molecular formula is C12H14N4O3. The summed E-state index contributed by atoms with van der Waals surface area (Å²) in [4.78, 5) is 25.4. The summed E-state index contributed by atoms with van der Waals surface area (Å²) in [5.41, 5.74) is 0.630. The average Bonchev–Trinajstić information content (AvgIpc) is 2.79. The first-order chi connectivity index (χ1) is 8.97. The predicted octanol–water partition coefficient (Wildman–Crippen LogP) is 0.603. The van der Waals surface area contributed by atoms with Crippen LogP contribution in [0.25, 0.3) is 0 Å². The highest BCUT2D eigenvalue weighted by atomic mass is 16.3. The zero-order chi connectivity index (χ0) is 14.0. The molecule has 2 aromatic rings. The second-order valence-corrected chi connectivity index (χ2v) is 4.26. The summed E-state index contributed by atoms with van der Waals surface area (Å²) >= 11 is 0. The first kappa shape index (κ1) is 12.9. The number of H-pyrrole nitrogens is 2. The third-order valence-electron chi connectivity index (χ3n) is 2.74. The van der Waals surface area contributed by atoms with Crippen LogP contribution in [0.1, 0.15) is 34.7 Å². The van der Waals surface area contributed by atoms with Gasteiger partial charge in [0.15, 0.2) is 5.82 Å². The van der Waals surface area contributed by atoms with Crippen LogP contribution in [0.15, 0.2) is 23.0 Å². The van der Waals surface area contributed by atoms with Gasteiger partial charge < -0.3 is 10.4 Å². The summed E-state index contributed by atoms with van der Waals surface area (Å²) in [5, 5.41) is 18.1. The van der Waals surface area contributed by atoms with Crippen molar-refractivity contribution in [2.45, 2.75) is 19.9 Å². The van der Waals surface area contributed by atoms with E-state index in [2.05, 4.69) is 20.5 Å². The lowest BCUT2D eigenvalue weighted by atomic mass is 10.1. The topological polar surface area (TPSA) is 111 Å². The molecule has 0 fully saturated rings. The third-order valence-corrected chi connectivity index (χ3v) is 2.74. The van der Waals surface area contributed by atoms with E-state index >= 15 is 0 Å². The van der Waals surface area contributed by atoms with E-state index in [1.165, 1.54) is 12.1 Å². The first-order valence-electron chi connectivity index (χ1n) is 5.72. The van der Waals surface area contributed by atoms with Crippen molar-refractivity contribution in [2.75, 3.05) is 0 Å². The van der Waals surface area contributed by atoms with E-state index in [0.717, 1.165) is 0 Å². The van der Waals surface area contributed by atoms with Gasteiger partial charge in [0.25, 0.3) is 5.91 Å². The van der Waals surface area contributed by atoms with Crippen molar-refractivity contribution >= 4 is 5.91 Å². The molecular weight excluding hydrogens is 248 g/mol. The van der Waals surface area contributed by atoms with Crippen molar-refractivity contribution in [3.05, 3.63) is 45.6 Å². The molecule has 1 atom stereocenters. The Kier molecular flexibility index (Phi) is 3.37. The molecule has 1 heterocycles. The van der Waals surface area contributed by atoms with Crippen LogP contribution in [-0.4, -0.2) is 26.2 Å². The summed E-state index contributed by atoms with van der Waals surface area (Å²) in [6, 6.07) is 4.15. The van der Waals surface area contributed by atoms with Crippen molar-refractivity contribution in [2.24, 2.45) is 0 Å². The normalized spacial score (nSPS) is 12.1. The van der Waals surface area contributed by atoms with Gasteiger partial charge in [-0.2, -0.15) is 5.10 Å². The number of phenolic OH excluding ortho intramolecular Hbond substituents is 1. The van der Waals surface area contributed by atoms with Gasteiger partial charge in [0.1, 0.15) is 5.75 Å². The molecule has 0 saturated heterocycles. The Hall–Kier alpha value is -2.57. The number of hydrogen-bond donors (Lipinski definition) is 4. The molecule has 0 spiro atoms. The highest BCUT2D eigenvalue weighted by Gasteiger charge is 2.14. The van der Waals surface area contributed by atoms with Crippen molar-refractivity contribution in [1.29, 1.82) is 0 Å². The van der Waals surface area contributed by atoms with Crippen LogP contribution < -0.4 is 11.0 Å². The zero-order valence-corrected chi connectivity index (χ0v) is 10.5. The van der Waals surface area contributed by atoms with Gasteiger partial charge in [-0.3, -0.25) is 9.78 Å². The van der Waals surface area contributed by atoms with Crippen LogP contribution in [0.5, 0.6) is 5.75 Å². The molecule has 4 N–H and O–H groups in total. The summed E-state index contributed by atoms with van der Waals surface area (Å²) in [6.45, 7) is 3.41. The van der Waals surface area contributed by atoms with E-state index < -0.39 is 11.7 Å². The highest BCUT2D eigenvalue weighted by molar-refractivity contribution is 5.94. The molecule has 0 bridgehead atoms. The fraction of sp³-hybridized carbons (Fsp3) is 0.250. The lowest BCUT2D eigenvalue weighted by Gasteiger charge is -2.11. The van der Waals surface area contributed by atoms with Gasteiger partial charge in [-0.15, -0.1) is 0 Å². The Labute approximate surface area is 108 Å². The smallest absolute Gasteiger partial charge is 0.340 e. The Morgan fingerprint density at radius 1 is 1.47 bits per heavy atom. The predicted molar refractivity (Wildman–Crippen MR) is 67.9 cm³/mol. The molecule has 0 radical (unpaired) electrons. The van der Waals surface area contributed by atoms with Gasteiger partial charge in [-0.1, -0.05) is 0 Å². The fourth-order valence-corrected chi connectivity index (χ4v) is 1.63. The number of nitrogens with one attached hydrogen (secondary N) is 3. The SMILES string of the molecule is Cc1cc(C(=O)NC(C)c2n[nH]c(=O)[nH]2)ccc1O. The van der Waals surface area contributed by atoms with Crippen molar-refractivity contribution < 1.29 is 9.90 Å². The van der Waals surface area contributed by atoms with Crippen LogP contribution in [0.4, 0.5) is 0 Å². The van der Waals surface area contributed by atoms with Crippen LogP contribution in [0.3, 0.4) is 0 Å². The third kappa shape index (κ3) is 2.82. The van der Waals surface area contributed by atoms with Gasteiger partial charge in [-0.25, -0.2) is 9.89 Å². The minimum absolute atomic E-state index is 0.140. The minimum atomic E-state index is -0.430. The molecule has 0 aliphatic heterocycles. The van der Waals surface area contributed by atoms with Crippen LogP contribution in [-0.2, 0) is 0 Å². The number of amides is 1. The number of aromatic hydroxyl groups is 1. The molecule has 7 nitrogen and oxygen atoms in total. The Morgan fingerprint density at radius 2 is 2.21 bits per heavy atom. The molecule has 0 aliphatic rings. The molecule has 2 rings (SSSR count). The van der Waals surface area contributed by atoms with Crippen LogP contribution >= 0.6 is 0 Å². The lowest BCUT2D eigenvalue weighted by molar-refractivity contribution is 0.0938. The quantitative estimate of drug-likeness (QED) is 0.649. The van der Waals surface area contributed by atoms with Gasteiger partial charge >= 0.3 is 5.69 Å². The minimum Gasteiger partial charge on any atom is -0.508 e. The zero-order valence-electron chi connectivity index (χ0n) is 10.5. The van der Waals surface area contributed by atoms with Crippen LogP contribution in [0, 0.1) is 6.92 Å². The maximum Gasteiger partial charge on any atom is 0.340 e. The largest absolute Gasteiger partial charge is 0.508 e. The molecule has 19 heavy (non-hydrogen) atoms. The summed E-state index contributed by atoms with van der Waals surface area (Å²) in [6.07, 6.45) is 0. The number of rotatable bonds is 3. The standard InChI is InChI=1S/C12H14N4O3/c1-6-5-8(3-4-9(6)17)11(18)13-7(2)10-14-12(19)16-15-10/h3-5,7,17H,1-2H3,(H,13,18)(H2,14,15,16,19). The number of carbonyl (C=O) groups is 1. The maximum absolute atomic E-state index is 12.0. The van der Waals surface area contributed by atoms with E-state index in [0.29, 0.717) is 17.0 Å². The molecule has 1 unspecified atom stereocenters. The summed E-state index contributed by atoms with van der Waals surface area (Å²) in [5.74, 6) is 0.189. The van der Waals surface area contributed by atoms with Gasteiger partial charge in [0.05, 0.1) is 6.04 Å². The Morgan fingerprint density at radius 3 is 2.79 bits per heavy atom. The number of hydrogen-bond acceptors (Lipinski definition) is 4. The van der Waals surface area contributed by atoms with Gasteiger partial charge in [0, 0.05) is 5.56 Å². The highest BCUT2D eigenvalue weighted by Crippen LogP contribution is 2.17. The number of aryl methyl sites for hydroxylation is 1. The molecule has 1 amide bonds. The number of phenols is 1. The Bertz CT molecular complexity index is 659. The number of carbonyl (C=O) groups excluding carboxylic acids is 1. The van der Waals surface area contributed by atoms with E-state index in [-0.39, 0.29) is 11.7 Å². The molecule has 100 valence electrons. The second kappa shape index (κ2) is 4.97. The van der Waals surface area contributed by atoms with Gasteiger partial charge in [0.2, 0.25) is 0 Å². The van der Waals surface area contributed by atoms with E-state index in [9.17, 15) is 14.7 Å². The number of nitrogens with zero attached hydrogens (tertiary/aromatic N) is 1. The number of aromatic nitrogens is 3. The second-order valence-electron chi connectivity index (χ2n) is 4.26. The molecule has 7 heteroatoms. The number of benzene rings is 1. The summed E-state index contributed by atoms with van der Waals surface area (Å²) in [7, 11) is 0.